The SMILES string of the molecule is O=C1OC(c2ccc(Cl)cc2Cl)=CC1CO. The van der Waals surface area contributed by atoms with Gasteiger partial charge in [0.2, 0.25) is 0 Å². The van der Waals surface area contributed by atoms with E-state index in [9.17, 15) is 4.79 Å². The fourth-order valence-corrected chi connectivity index (χ4v) is 1.93. The van der Waals surface area contributed by atoms with Gasteiger partial charge in [0.15, 0.2) is 0 Å². The molecule has 0 bridgehead atoms. The molecule has 1 aromatic rings. The van der Waals surface area contributed by atoms with Crippen LogP contribution in [0.4, 0.5) is 0 Å². The van der Waals surface area contributed by atoms with E-state index in [0.717, 1.165) is 0 Å². The minimum Gasteiger partial charge on any atom is -0.426 e. The van der Waals surface area contributed by atoms with Crippen molar-refractivity contribution in [2.45, 2.75) is 0 Å². The molecule has 0 radical (unpaired) electrons. The summed E-state index contributed by atoms with van der Waals surface area (Å²) in [5, 5.41) is 9.83. The number of carbonyl (C=O) groups excluding carboxylic acids is 1. The van der Waals surface area contributed by atoms with Gasteiger partial charge >= 0.3 is 5.97 Å². The second-order valence-corrected chi connectivity index (χ2v) is 4.21. The second kappa shape index (κ2) is 4.45. The number of cyclic esters (lactones) is 1. The maximum Gasteiger partial charge on any atom is 0.320 e. The van der Waals surface area contributed by atoms with Gasteiger partial charge in [-0.1, -0.05) is 23.2 Å². The molecule has 0 saturated carbocycles. The molecule has 3 nitrogen and oxygen atoms in total. The van der Waals surface area contributed by atoms with Gasteiger partial charge in [0.25, 0.3) is 0 Å². The van der Waals surface area contributed by atoms with Gasteiger partial charge in [-0.05, 0) is 24.3 Å². The molecule has 1 heterocycles. The predicted octanol–water partition coefficient (Wildman–Crippen LogP) is 2.50. The lowest BCUT2D eigenvalue weighted by atomic mass is 10.1. The molecule has 1 N–H and O–H groups in total. The van der Waals surface area contributed by atoms with E-state index >= 15 is 0 Å². The number of hydrogen-bond acceptors (Lipinski definition) is 3. The Morgan fingerprint density at radius 2 is 2.12 bits per heavy atom. The highest BCUT2D eigenvalue weighted by molar-refractivity contribution is 6.35. The first-order chi connectivity index (χ1) is 7.61. The third-order valence-electron chi connectivity index (χ3n) is 2.26. The van der Waals surface area contributed by atoms with Gasteiger partial charge in [-0.2, -0.15) is 0 Å². The quantitative estimate of drug-likeness (QED) is 0.830. The Morgan fingerprint density at radius 3 is 2.69 bits per heavy atom. The molecule has 5 heteroatoms. The maximum absolute atomic E-state index is 11.3. The molecule has 1 aliphatic rings. The number of hydrogen-bond donors (Lipinski definition) is 1. The van der Waals surface area contributed by atoms with Gasteiger partial charge in [-0.25, -0.2) is 0 Å². The Morgan fingerprint density at radius 1 is 1.38 bits per heavy atom. The summed E-state index contributed by atoms with van der Waals surface area (Å²) >= 11 is 11.7. The summed E-state index contributed by atoms with van der Waals surface area (Å²) in [5.74, 6) is -0.712. The number of aliphatic hydroxyl groups is 1. The highest BCUT2D eigenvalue weighted by atomic mass is 35.5. The summed E-state index contributed by atoms with van der Waals surface area (Å²) in [7, 11) is 0. The fourth-order valence-electron chi connectivity index (χ4n) is 1.43. The van der Waals surface area contributed by atoms with E-state index < -0.39 is 11.9 Å². The van der Waals surface area contributed by atoms with Crippen LogP contribution in [0.15, 0.2) is 24.3 Å². The normalized spacial score (nSPS) is 19.6. The van der Waals surface area contributed by atoms with Crippen LogP contribution < -0.4 is 0 Å². The molecule has 84 valence electrons. The van der Waals surface area contributed by atoms with Crippen molar-refractivity contribution in [2.75, 3.05) is 6.61 Å². The number of aliphatic hydroxyl groups excluding tert-OH is 1. The van der Waals surface area contributed by atoms with E-state index in [2.05, 4.69) is 0 Å². The molecule has 1 atom stereocenters. The zero-order valence-corrected chi connectivity index (χ0v) is 9.63. The van der Waals surface area contributed by atoms with Gasteiger partial charge in [0.1, 0.15) is 11.7 Å². The Labute approximate surface area is 102 Å². The Bertz CT molecular complexity index is 468. The molecule has 0 aromatic heterocycles. The van der Waals surface area contributed by atoms with E-state index in [4.69, 9.17) is 33.0 Å². The van der Waals surface area contributed by atoms with E-state index in [1.165, 1.54) is 0 Å². The largest absolute Gasteiger partial charge is 0.426 e. The zero-order chi connectivity index (χ0) is 11.7. The Balaban J connectivity index is 2.36. The number of esters is 1. The molecule has 1 aliphatic heterocycles. The molecular weight excluding hydrogens is 251 g/mol. The van der Waals surface area contributed by atoms with Crippen molar-refractivity contribution >= 4 is 34.9 Å². The van der Waals surface area contributed by atoms with Crippen molar-refractivity contribution < 1.29 is 14.6 Å². The van der Waals surface area contributed by atoms with Gasteiger partial charge in [0.05, 0.1) is 11.6 Å². The van der Waals surface area contributed by atoms with E-state index in [-0.39, 0.29) is 6.61 Å². The number of rotatable bonds is 2. The van der Waals surface area contributed by atoms with Gasteiger partial charge < -0.3 is 9.84 Å². The van der Waals surface area contributed by atoms with E-state index in [0.29, 0.717) is 21.4 Å². The van der Waals surface area contributed by atoms with Gasteiger partial charge in [-0.3, -0.25) is 4.79 Å². The highest BCUT2D eigenvalue weighted by Gasteiger charge is 2.28. The van der Waals surface area contributed by atoms with Crippen molar-refractivity contribution in [1.82, 2.24) is 0 Å². The average molecular weight is 259 g/mol. The molecule has 1 unspecified atom stereocenters. The molecule has 16 heavy (non-hydrogen) atoms. The van der Waals surface area contributed by atoms with Gasteiger partial charge in [0, 0.05) is 10.6 Å². The van der Waals surface area contributed by atoms with Crippen molar-refractivity contribution in [1.29, 1.82) is 0 Å². The van der Waals surface area contributed by atoms with Gasteiger partial charge in [-0.15, -0.1) is 0 Å². The second-order valence-electron chi connectivity index (χ2n) is 3.37. The lowest BCUT2D eigenvalue weighted by molar-refractivity contribution is -0.138. The summed E-state index contributed by atoms with van der Waals surface area (Å²) in [6.07, 6.45) is 1.55. The Kier molecular flexibility index (Phi) is 3.19. The standard InChI is InChI=1S/C11H8Cl2O3/c12-7-1-2-8(9(13)4-7)10-3-6(5-14)11(15)16-10/h1-4,6,14H,5H2. The summed E-state index contributed by atoms with van der Waals surface area (Å²) < 4.78 is 5.01. The highest BCUT2D eigenvalue weighted by Crippen LogP contribution is 2.32. The van der Waals surface area contributed by atoms with Crippen LogP contribution >= 0.6 is 23.2 Å². The zero-order valence-electron chi connectivity index (χ0n) is 8.11. The van der Waals surface area contributed by atoms with E-state index in [1.54, 1.807) is 24.3 Å². The summed E-state index contributed by atoms with van der Waals surface area (Å²) in [6.45, 7) is -0.270. The van der Waals surface area contributed by atoms with Crippen LogP contribution in [0.25, 0.3) is 5.76 Å². The maximum atomic E-state index is 11.3. The third-order valence-corrected chi connectivity index (χ3v) is 2.81. The first-order valence-electron chi connectivity index (χ1n) is 4.61. The third kappa shape index (κ3) is 2.07. The Hall–Kier alpha value is -1.03. The number of carbonyl (C=O) groups is 1. The predicted molar refractivity (Wildman–Crippen MR) is 61.1 cm³/mol. The summed E-state index contributed by atoms with van der Waals surface area (Å²) in [5.41, 5.74) is 0.593. The number of halogens is 2. The molecule has 0 amide bonds. The van der Waals surface area contributed by atoms with E-state index in [1.807, 2.05) is 0 Å². The molecule has 2 rings (SSSR count). The van der Waals surface area contributed by atoms with Crippen LogP contribution in [-0.2, 0) is 9.53 Å². The van der Waals surface area contributed by atoms with Crippen molar-refractivity contribution in [3.05, 3.63) is 39.9 Å². The lowest BCUT2D eigenvalue weighted by Gasteiger charge is -2.04. The minimum absolute atomic E-state index is 0.270. The number of benzene rings is 1. The fraction of sp³-hybridized carbons (Fsp3) is 0.182. The topological polar surface area (TPSA) is 46.5 Å². The first-order valence-corrected chi connectivity index (χ1v) is 5.37. The molecule has 0 spiro atoms. The molecule has 0 fully saturated rings. The van der Waals surface area contributed by atoms with Crippen LogP contribution in [0.1, 0.15) is 5.56 Å². The first kappa shape index (κ1) is 11.5. The van der Waals surface area contributed by atoms with Crippen LogP contribution in [0.3, 0.4) is 0 Å². The molecule has 1 aromatic carbocycles. The lowest BCUT2D eigenvalue weighted by Crippen LogP contribution is -2.11. The van der Waals surface area contributed by atoms with Crippen molar-refractivity contribution in [2.24, 2.45) is 5.92 Å². The molecule has 0 saturated heterocycles. The molecule has 0 aliphatic carbocycles. The van der Waals surface area contributed by atoms with Crippen molar-refractivity contribution in [3.63, 3.8) is 0 Å². The smallest absolute Gasteiger partial charge is 0.320 e. The minimum atomic E-state index is -0.609. The van der Waals surface area contributed by atoms with Crippen LogP contribution in [0.5, 0.6) is 0 Å². The average Bonchev–Trinajstić information content (AvgIpc) is 2.59. The summed E-state index contributed by atoms with van der Waals surface area (Å²) in [6, 6.07) is 4.90. The van der Waals surface area contributed by atoms with Crippen LogP contribution in [-0.4, -0.2) is 17.7 Å². The van der Waals surface area contributed by atoms with Crippen LogP contribution in [0, 0.1) is 5.92 Å². The summed E-state index contributed by atoms with van der Waals surface area (Å²) in [4.78, 5) is 11.3. The van der Waals surface area contributed by atoms with Crippen LogP contribution in [0.2, 0.25) is 10.0 Å². The van der Waals surface area contributed by atoms with Crippen molar-refractivity contribution in [3.8, 4) is 0 Å². The molecular formula is C11H8Cl2O3. The monoisotopic (exact) mass is 258 g/mol. The number of ether oxygens (including phenoxy) is 1.